The summed E-state index contributed by atoms with van der Waals surface area (Å²) in [7, 11) is 0. The van der Waals surface area contributed by atoms with Gasteiger partial charge in [-0.3, -0.25) is 4.79 Å². The van der Waals surface area contributed by atoms with Crippen molar-refractivity contribution in [1.82, 2.24) is 5.32 Å². The zero-order valence-electron chi connectivity index (χ0n) is 12.9. The molecule has 118 valence electrons. The Bertz CT molecular complexity index is 271. The van der Waals surface area contributed by atoms with Crippen LogP contribution in [0.4, 0.5) is 0 Å². The molecule has 0 radical (unpaired) electrons. The third-order valence-electron chi connectivity index (χ3n) is 4.79. The van der Waals surface area contributed by atoms with Crippen LogP contribution < -0.4 is 11.1 Å². The van der Waals surface area contributed by atoms with Crippen molar-refractivity contribution in [3.8, 4) is 0 Å². The third-order valence-corrected chi connectivity index (χ3v) is 4.79. The molecule has 0 aromatic rings. The molecule has 1 fully saturated rings. The van der Waals surface area contributed by atoms with Crippen LogP contribution in [0.3, 0.4) is 0 Å². The van der Waals surface area contributed by atoms with Gasteiger partial charge in [0.05, 0.1) is 0 Å². The summed E-state index contributed by atoms with van der Waals surface area (Å²) in [5.74, 6) is 1.57. The third kappa shape index (κ3) is 6.23. The molecule has 1 aliphatic rings. The van der Waals surface area contributed by atoms with Gasteiger partial charge >= 0.3 is 0 Å². The minimum atomic E-state index is 0.155. The molecule has 0 spiro atoms. The number of amides is 1. The number of nitrogens with one attached hydrogen (secondary N) is 1. The van der Waals surface area contributed by atoms with Gasteiger partial charge < -0.3 is 16.2 Å². The number of carbonyl (C=O) groups excluding carboxylic acids is 1. The molecule has 1 amide bonds. The van der Waals surface area contributed by atoms with Crippen LogP contribution in [0, 0.1) is 17.8 Å². The van der Waals surface area contributed by atoms with Gasteiger partial charge in [0.1, 0.15) is 0 Å². The highest BCUT2D eigenvalue weighted by Gasteiger charge is 2.24. The van der Waals surface area contributed by atoms with Crippen LogP contribution in [-0.2, 0) is 4.79 Å². The standard InChI is InChI=1S/C16H32N2O2/c1-2-13(9-10-17)7-8-16(20)18-11-14-5-3-4-6-15(14)12-19/h13-15,19H,2-12,17H2,1H3,(H,18,20). The van der Waals surface area contributed by atoms with Crippen molar-refractivity contribution in [3.05, 3.63) is 0 Å². The first-order chi connectivity index (χ1) is 9.71. The smallest absolute Gasteiger partial charge is 0.220 e. The number of carbonyl (C=O) groups is 1. The molecule has 4 heteroatoms. The molecular formula is C16H32N2O2. The Labute approximate surface area is 123 Å². The quantitative estimate of drug-likeness (QED) is 0.606. The van der Waals surface area contributed by atoms with Crippen molar-refractivity contribution in [3.63, 3.8) is 0 Å². The van der Waals surface area contributed by atoms with Gasteiger partial charge in [-0.1, -0.05) is 26.2 Å². The normalized spacial score (nSPS) is 24.4. The average Bonchev–Trinajstić information content (AvgIpc) is 2.49. The van der Waals surface area contributed by atoms with Crippen molar-refractivity contribution in [2.24, 2.45) is 23.5 Å². The van der Waals surface area contributed by atoms with E-state index in [1.54, 1.807) is 0 Å². The van der Waals surface area contributed by atoms with E-state index in [9.17, 15) is 9.90 Å². The molecule has 0 saturated heterocycles. The summed E-state index contributed by atoms with van der Waals surface area (Å²) < 4.78 is 0. The Morgan fingerprint density at radius 3 is 2.60 bits per heavy atom. The Kier molecular flexibility index (Phi) is 8.86. The van der Waals surface area contributed by atoms with Gasteiger partial charge in [-0.15, -0.1) is 0 Å². The van der Waals surface area contributed by atoms with E-state index in [0.29, 0.717) is 30.7 Å². The van der Waals surface area contributed by atoms with Gasteiger partial charge in [0.15, 0.2) is 0 Å². The zero-order chi connectivity index (χ0) is 14.8. The topological polar surface area (TPSA) is 75.4 Å². The molecule has 1 rings (SSSR count). The van der Waals surface area contributed by atoms with Crippen LogP contribution in [-0.4, -0.2) is 30.7 Å². The van der Waals surface area contributed by atoms with Crippen LogP contribution in [0.5, 0.6) is 0 Å². The van der Waals surface area contributed by atoms with E-state index in [2.05, 4.69) is 12.2 Å². The SMILES string of the molecule is CCC(CCN)CCC(=O)NCC1CCCCC1CO. The zero-order valence-corrected chi connectivity index (χ0v) is 12.9. The fourth-order valence-electron chi connectivity index (χ4n) is 3.25. The van der Waals surface area contributed by atoms with Crippen molar-refractivity contribution in [2.45, 2.75) is 58.3 Å². The maximum absolute atomic E-state index is 11.9. The molecule has 3 unspecified atom stereocenters. The minimum absolute atomic E-state index is 0.155. The summed E-state index contributed by atoms with van der Waals surface area (Å²) in [6.07, 6.45) is 8.33. The lowest BCUT2D eigenvalue weighted by Crippen LogP contribution is -2.35. The van der Waals surface area contributed by atoms with Crippen molar-refractivity contribution in [2.75, 3.05) is 19.7 Å². The molecule has 3 atom stereocenters. The Balaban J connectivity index is 2.21. The second-order valence-electron chi connectivity index (χ2n) is 6.18. The van der Waals surface area contributed by atoms with Gasteiger partial charge in [0, 0.05) is 19.6 Å². The molecule has 4 nitrogen and oxygen atoms in total. The van der Waals surface area contributed by atoms with E-state index >= 15 is 0 Å². The summed E-state index contributed by atoms with van der Waals surface area (Å²) in [5.41, 5.74) is 5.57. The molecule has 1 aliphatic carbocycles. The molecular weight excluding hydrogens is 252 g/mol. The van der Waals surface area contributed by atoms with E-state index in [1.807, 2.05) is 0 Å². The predicted molar refractivity (Wildman–Crippen MR) is 82.2 cm³/mol. The first kappa shape index (κ1) is 17.4. The largest absolute Gasteiger partial charge is 0.396 e. The maximum atomic E-state index is 11.9. The van der Waals surface area contributed by atoms with Crippen LogP contribution in [0.1, 0.15) is 58.3 Å². The number of rotatable bonds is 9. The lowest BCUT2D eigenvalue weighted by molar-refractivity contribution is -0.121. The van der Waals surface area contributed by atoms with E-state index in [-0.39, 0.29) is 12.5 Å². The minimum Gasteiger partial charge on any atom is -0.396 e. The van der Waals surface area contributed by atoms with Crippen LogP contribution in [0.2, 0.25) is 0 Å². The summed E-state index contributed by atoms with van der Waals surface area (Å²) in [6.45, 7) is 3.86. The van der Waals surface area contributed by atoms with Crippen molar-refractivity contribution < 1.29 is 9.90 Å². The van der Waals surface area contributed by atoms with E-state index in [4.69, 9.17) is 5.73 Å². The molecule has 20 heavy (non-hydrogen) atoms. The number of hydrogen-bond donors (Lipinski definition) is 3. The number of aliphatic hydroxyl groups excluding tert-OH is 1. The van der Waals surface area contributed by atoms with Gasteiger partial charge in [-0.2, -0.15) is 0 Å². The Morgan fingerprint density at radius 1 is 1.30 bits per heavy atom. The Morgan fingerprint density at radius 2 is 2.00 bits per heavy atom. The first-order valence-electron chi connectivity index (χ1n) is 8.28. The van der Waals surface area contributed by atoms with Gasteiger partial charge in [0.2, 0.25) is 5.91 Å². The first-order valence-corrected chi connectivity index (χ1v) is 8.28. The lowest BCUT2D eigenvalue weighted by atomic mass is 9.79. The van der Waals surface area contributed by atoms with Crippen molar-refractivity contribution >= 4 is 5.91 Å². The number of aliphatic hydroxyl groups is 1. The fourth-order valence-corrected chi connectivity index (χ4v) is 3.25. The average molecular weight is 284 g/mol. The molecule has 0 aromatic heterocycles. The van der Waals surface area contributed by atoms with Gasteiger partial charge in [0.25, 0.3) is 0 Å². The number of hydrogen-bond acceptors (Lipinski definition) is 3. The monoisotopic (exact) mass is 284 g/mol. The van der Waals surface area contributed by atoms with E-state index in [0.717, 1.165) is 38.6 Å². The van der Waals surface area contributed by atoms with Crippen LogP contribution in [0.25, 0.3) is 0 Å². The highest BCUT2D eigenvalue weighted by atomic mass is 16.3. The molecule has 0 heterocycles. The molecule has 0 aliphatic heterocycles. The fraction of sp³-hybridized carbons (Fsp3) is 0.938. The second-order valence-corrected chi connectivity index (χ2v) is 6.18. The summed E-state index contributed by atoms with van der Waals surface area (Å²) in [4.78, 5) is 11.9. The molecule has 1 saturated carbocycles. The Hall–Kier alpha value is -0.610. The van der Waals surface area contributed by atoms with Crippen molar-refractivity contribution in [1.29, 1.82) is 0 Å². The summed E-state index contributed by atoms with van der Waals surface area (Å²) in [5, 5.41) is 12.4. The maximum Gasteiger partial charge on any atom is 0.220 e. The van der Waals surface area contributed by atoms with E-state index in [1.165, 1.54) is 12.8 Å². The summed E-state index contributed by atoms with van der Waals surface area (Å²) >= 11 is 0. The van der Waals surface area contributed by atoms with Gasteiger partial charge in [-0.05, 0) is 50.0 Å². The predicted octanol–water partition coefficient (Wildman–Crippen LogP) is 2.06. The second kappa shape index (κ2) is 10.2. The molecule has 4 N–H and O–H groups in total. The molecule has 0 bridgehead atoms. The van der Waals surface area contributed by atoms with Crippen LogP contribution >= 0.6 is 0 Å². The molecule has 0 aromatic carbocycles. The van der Waals surface area contributed by atoms with Crippen LogP contribution in [0.15, 0.2) is 0 Å². The van der Waals surface area contributed by atoms with Gasteiger partial charge in [-0.25, -0.2) is 0 Å². The highest BCUT2D eigenvalue weighted by Crippen LogP contribution is 2.29. The number of nitrogens with two attached hydrogens (primary N) is 1. The van der Waals surface area contributed by atoms with E-state index < -0.39 is 0 Å². The lowest BCUT2D eigenvalue weighted by Gasteiger charge is -2.30. The highest BCUT2D eigenvalue weighted by molar-refractivity contribution is 5.75. The summed E-state index contributed by atoms with van der Waals surface area (Å²) in [6, 6.07) is 0.